The predicted octanol–water partition coefficient (Wildman–Crippen LogP) is 1.39. The van der Waals surface area contributed by atoms with Crippen molar-refractivity contribution in [1.29, 1.82) is 0 Å². The number of carbonyl (C=O) groups is 2. The maximum atomic E-state index is 11.4. The normalized spacial score (nSPS) is 11.7. The molecule has 17 heavy (non-hydrogen) atoms. The van der Waals surface area contributed by atoms with Gasteiger partial charge in [-0.05, 0) is 26.0 Å². The summed E-state index contributed by atoms with van der Waals surface area (Å²) in [6, 6.07) is 6.26. The maximum absolute atomic E-state index is 11.4. The van der Waals surface area contributed by atoms with Crippen LogP contribution < -0.4 is 10.6 Å². The van der Waals surface area contributed by atoms with Crippen molar-refractivity contribution < 1.29 is 14.7 Å². The Bertz CT molecular complexity index is 416. The Morgan fingerprint density at radius 1 is 1.41 bits per heavy atom. The fourth-order valence-corrected chi connectivity index (χ4v) is 1.23. The molecular formula is C12H16N2O3. The molecule has 0 unspecified atom stereocenters. The van der Waals surface area contributed by atoms with Gasteiger partial charge in [-0.2, -0.15) is 0 Å². The largest absolute Gasteiger partial charge is 0.392 e. The fraction of sp³-hybridized carbons (Fsp3) is 0.333. The lowest BCUT2D eigenvalue weighted by Gasteiger charge is -2.09. The number of hydrogen-bond acceptors (Lipinski definition) is 3. The van der Waals surface area contributed by atoms with Crippen LogP contribution >= 0.6 is 0 Å². The van der Waals surface area contributed by atoms with Gasteiger partial charge in [0.2, 0.25) is 0 Å². The number of urea groups is 1. The van der Waals surface area contributed by atoms with Crippen molar-refractivity contribution in [3.8, 4) is 0 Å². The lowest BCUT2D eigenvalue weighted by molar-refractivity contribution is 0.101. The number of Topliss-reactive ketones (excluding diaryl/α,β-unsaturated/α-hetero) is 1. The van der Waals surface area contributed by atoms with Crippen LogP contribution in [0.3, 0.4) is 0 Å². The van der Waals surface area contributed by atoms with E-state index >= 15 is 0 Å². The quantitative estimate of drug-likeness (QED) is 0.691. The minimum absolute atomic E-state index is 0.0574. The molecule has 0 fully saturated rings. The van der Waals surface area contributed by atoms with Crippen LogP contribution in [0.15, 0.2) is 24.3 Å². The number of anilines is 1. The summed E-state index contributed by atoms with van der Waals surface area (Å²) >= 11 is 0. The molecule has 0 bridgehead atoms. The fourth-order valence-electron chi connectivity index (χ4n) is 1.23. The van der Waals surface area contributed by atoms with Crippen LogP contribution in [0, 0.1) is 0 Å². The SMILES string of the molecule is CC(=O)c1cccc(NC(=O)NC[C@H](C)O)c1. The number of carbonyl (C=O) groups excluding carboxylic acids is 2. The average molecular weight is 236 g/mol. The lowest BCUT2D eigenvalue weighted by Crippen LogP contribution is -2.34. The summed E-state index contributed by atoms with van der Waals surface area (Å²) in [5.41, 5.74) is 1.08. The number of rotatable bonds is 4. The molecule has 5 heteroatoms. The third-order valence-corrected chi connectivity index (χ3v) is 2.08. The Kier molecular flexibility index (Phi) is 4.66. The van der Waals surface area contributed by atoms with Gasteiger partial charge < -0.3 is 15.7 Å². The first kappa shape index (κ1) is 13.2. The van der Waals surface area contributed by atoms with Crippen LogP contribution in [0.2, 0.25) is 0 Å². The van der Waals surface area contributed by atoms with Crippen LogP contribution in [-0.2, 0) is 0 Å². The third kappa shape index (κ3) is 4.65. The third-order valence-electron chi connectivity index (χ3n) is 2.08. The van der Waals surface area contributed by atoms with E-state index in [2.05, 4.69) is 10.6 Å². The van der Waals surface area contributed by atoms with Gasteiger partial charge in [0.25, 0.3) is 0 Å². The second-order valence-corrected chi connectivity index (χ2v) is 3.82. The Balaban J connectivity index is 2.59. The van der Waals surface area contributed by atoms with Crippen molar-refractivity contribution in [2.75, 3.05) is 11.9 Å². The van der Waals surface area contributed by atoms with Crippen molar-refractivity contribution in [3.63, 3.8) is 0 Å². The highest BCUT2D eigenvalue weighted by atomic mass is 16.3. The summed E-state index contributed by atoms with van der Waals surface area (Å²) in [7, 11) is 0. The van der Waals surface area contributed by atoms with Gasteiger partial charge in [0.15, 0.2) is 5.78 Å². The minimum Gasteiger partial charge on any atom is -0.392 e. The molecular weight excluding hydrogens is 220 g/mol. The molecule has 3 N–H and O–H groups in total. The maximum Gasteiger partial charge on any atom is 0.319 e. The Labute approximate surface area is 99.8 Å². The van der Waals surface area contributed by atoms with E-state index in [0.717, 1.165) is 0 Å². The number of aliphatic hydroxyl groups is 1. The van der Waals surface area contributed by atoms with Gasteiger partial charge in [-0.3, -0.25) is 4.79 Å². The number of benzene rings is 1. The molecule has 0 aromatic heterocycles. The van der Waals surface area contributed by atoms with Crippen molar-refractivity contribution in [2.24, 2.45) is 0 Å². The van der Waals surface area contributed by atoms with E-state index in [-0.39, 0.29) is 12.3 Å². The monoisotopic (exact) mass is 236 g/mol. The Morgan fingerprint density at radius 3 is 2.71 bits per heavy atom. The average Bonchev–Trinajstić information content (AvgIpc) is 2.26. The summed E-state index contributed by atoms with van der Waals surface area (Å²) in [6.07, 6.45) is -0.593. The summed E-state index contributed by atoms with van der Waals surface area (Å²) in [5.74, 6) is -0.0574. The molecule has 1 aromatic carbocycles. The highest BCUT2D eigenvalue weighted by Crippen LogP contribution is 2.10. The Morgan fingerprint density at radius 2 is 2.12 bits per heavy atom. The van der Waals surface area contributed by atoms with Gasteiger partial charge in [-0.1, -0.05) is 12.1 Å². The van der Waals surface area contributed by atoms with E-state index in [9.17, 15) is 9.59 Å². The number of hydrogen-bond donors (Lipinski definition) is 3. The molecule has 0 radical (unpaired) electrons. The van der Waals surface area contributed by atoms with Crippen molar-refractivity contribution in [3.05, 3.63) is 29.8 Å². The first-order valence-corrected chi connectivity index (χ1v) is 5.33. The molecule has 0 saturated carbocycles. The molecule has 2 amide bonds. The van der Waals surface area contributed by atoms with Gasteiger partial charge in [-0.25, -0.2) is 4.79 Å². The molecule has 0 heterocycles. The number of ketones is 1. The zero-order valence-corrected chi connectivity index (χ0v) is 9.86. The number of nitrogens with one attached hydrogen (secondary N) is 2. The molecule has 92 valence electrons. The second kappa shape index (κ2) is 6.00. The van der Waals surface area contributed by atoms with Crippen molar-refractivity contribution in [2.45, 2.75) is 20.0 Å². The number of aliphatic hydroxyl groups excluding tert-OH is 1. The van der Waals surface area contributed by atoms with Crippen LogP contribution in [0.25, 0.3) is 0 Å². The van der Waals surface area contributed by atoms with Crippen LogP contribution in [0.1, 0.15) is 24.2 Å². The minimum atomic E-state index is -0.593. The van der Waals surface area contributed by atoms with Crippen LogP contribution in [-0.4, -0.2) is 29.6 Å². The molecule has 0 aliphatic rings. The standard InChI is InChI=1S/C12H16N2O3/c1-8(15)7-13-12(17)14-11-5-3-4-10(6-11)9(2)16/h3-6,8,15H,7H2,1-2H3,(H2,13,14,17)/t8-/m0/s1. The molecule has 1 aromatic rings. The Hall–Kier alpha value is -1.88. The molecule has 0 aliphatic carbocycles. The van der Waals surface area contributed by atoms with Gasteiger partial charge in [0, 0.05) is 17.8 Å². The number of amides is 2. The molecule has 0 saturated heterocycles. The van der Waals surface area contributed by atoms with Crippen LogP contribution in [0.5, 0.6) is 0 Å². The van der Waals surface area contributed by atoms with E-state index < -0.39 is 12.1 Å². The first-order chi connectivity index (χ1) is 7.99. The second-order valence-electron chi connectivity index (χ2n) is 3.82. The van der Waals surface area contributed by atoms with E-state index in [4.69, 9.17) is 5.11 Å². The topological polar surface area (TPSA) is 78.4 Å². The van der Waals surface area contributed by atoms with Crippen LogP contribution in [0.4, 0.5) is 10.5 Å². The van der Waals surface area contributed by atoms with E-state index in [1.54, 1.807) is 31.2 Å². The molecule has 1 atom stereocenters. The van der Waals surface area contributed by atoms with E-state index in [1.807, 2.05) is 0 Å². The first-order valence-electron chi connectivity index (χ1n) is 5.33. The van der Waals surface area contributed by atoms with Gasteiger partial charge in [-0.15, -0.1) is 0 Å². The molecule has 0 spiro atoms. The molecule has 1 rings (SSSR count). The summed E-state index contributed by atoms with van der Waals surface area (Å²) in [6.45, 7) is 3.22. The summed E-state index contributed by atoms with van der Waals surface area (Å²) in [5, 5.41) is 14.1. The van der Waals surface area contributed by atoms with Gasteiger partial charge in [0.1, 0.15) is 0 Å². The molecule has 5 nitrogen and oxygen atoms in total. The van der Waals surface area contributed by atoms with Gasteiger partial charge >= 0.3 is 6.03 Å². The highest BCUT2D eigenvalue weighted by molar-refractivity contribution is 5.96. The van der Waals surface area contributed by atoms with E-state index in [1.165, 1.54) is 6.92 Å². The smallest absolute Gasteiger partial charge is 0.319 e. The van der Waals surface area contributed by atoms with Crippen molar-refractivity contribution >= 4 is 17.5 Å². The summed E-state index contributed by atoms with van der Waals surface area (Å²) in [4.78, 5) is 22.5. The highest BCUT2D eigenvalue weighted by Gasteiger charge is 2.05. The summed E-state index contributed by atoms with van der Waals surface area (Å²) < 4.78 is 0. The zero-order valence-electron chi connectivity index (χ0n) is 9.86. The zero-order chi connectivity index (χ0) is 12.8. The van der Waals surface area contributed by atoms with Crippen molar-refractivity contribution in [1.82, 2.24) is 5.32 Å². The molecule has 0 aliphatic heterocycles. The predicted molar refractivity (Wildman–Crippen MR) is 65.1 cm³/mol. The lowest BCUT2D eigenvalue weighted by atomic mass is 10.1. The van der Waals surface area contributed by atoms with Gasteiger partial charge in [0.05, 0.1) is 6.10 Å². The van der Waals surface area contributed by atoms with E-state index in [0.29, 0.717) is 11.3 Å².